The minimum Gasteiger partial charge on any atom is -0.381 e. The second-order valence-corrected chi connectivity index (χ2v) is 5.69. The summed E-state index contributed by atoms with van der Waals surface area (Å²) >= 11 is 0. The Labute approximate surface area is 118 Å². The highest BCUT2D eigenvalue weighted by molar-refractivity contribution is 5.84. The van der Waals surface area contributed by atoms with Crippen LogP contribution in [0.15, 0.2) is 6.07 Å². The van der Waals surface area contributed by atoms with Gasteiger partial charge in [0.15, 0.2) is 0 Å². The van der Waals surface area contributed by atoms with E-state index in [2.05, 4.69) is 20.7 Å². The maximum atomic E-state index is 11.6. The van der Waals surface area contributed by atoms with Crippen LogP contribution in [0.5, 0.6) is 0 Å². The second kappa shape index (κ2) is 5.44. The molecule has 20 heavy (non-hydrogen) atoms. The van der Waals surface area contributed by atoms with Crippen LogP contribution in [-0.4, -0.2) is 41.5 Å². The number of aromatic nitrogens is 2. The lowest BCUT2D eigenvalue weighted by atomic mass is 10.1. The van der Waals surface area contributed by atoms with Crippen LogP contribution in [0.4, 0.5) is 5.82 Å². The smallest absolute Gasteiger partial charge is 0.240 e. The number of rotatable bonds is 3. The highest BCUT2D eigenvalue weighted by atomic mass is 16.5. The third-order valence-corrected chi connectivity index (χ3v) is 4.25. The van der Waals surface area contributed by atoms with E-state index in [0.29, 0.717) is 6.04 Å². The number of hydrogen-bond donors (Lipinski definition) is 1. The lowest BCUT2D eigenvalue weighted by Crippen LogP contribution is -2.41. The molecule has 0 aromatic carbocycles. The molecule has 3 heterocycles. The predicted octanol–water partition coefficient (Wildman–Crippen LogP) is 0.997. The van der Waals surface area contributed by atoms with Gasteiger partial charge < -0.3 is 15.4 Å². The molecule has 6 nitrogen and oxygen atoms in total. The van der Waals surface area contributed by atoms with Crippen molar-refractivity contribution in [3.8, 4) is 0 Å². The van der Waals surface area contributed by atoms with E-state index in [9.17, 15) is 4.79 Å². The molecule has 0 spiro atoms. The summed E-state index contributed by atoms with van der Waals surface area (Å²) in [5.41, 5.74) is 6.52. The third-order valence-electron chi connectivity index (χ3n) is 4.25. The lowest BCUT2D eigenvalue weighted by molar-refractivity contribution is -0.119. The fraction of sp³-hybridized carbons (Fsp3) is 0.714. The van der Waals surface area contributed by atoms with Crippen molar-refractivity contribution >= 4 is 11.7 Å². The summed E-state index contributed by atoms with van der Waals surface area (Å²) in [4.78, 5) is 13.7. The van der Waals surface area contributed by atoms with Crippen molar-refractivity contribution in [2.45, 2.75) is 44.7 Å². The lowest BCUT2D eigenvalue weighted by Gasteiger charge is -2.29. The molecule has 110 valence electrons. The zero-order chi connectivity index (χ0) is 14.1. The van der Waals surface area contributed by atoms with E-state index in [4.69, 9.17) is 10.5 Å². The van der Waals surface area contributed by atoms with Gasteiger partial charge >= 0.3 is 0 Å². The van der Waals surface area contributed by atoms with E-state index in [1.165, 1.54) is 0 Å². The fourth-order valence-electron chi connectivity index (χ4n) is 3.25. The number of nitrogens with zero attached hydrogens (tertiary/aromatic N) is 3. The first kappa shape index (κ1) is 13.4. The molecular formula is C14H22N4O2. The van der Waals surface area contributed by atoms with Gasteiger partial charge in [0.25, 0.3) is 0 Å². The van der Waals surface area contributed by atoms with Gasteiger partial charge in [-0.25, -0.2) is 4.68 Å². The Morgan fingerprint density at radius 1 is 1.40 bits per heavy atom. The molecule has 2 aliphatic rings. The van der Waals surface area contributed by atoms with E-state index in [1.54, 1.807) is 0 Å². The average Bonchev–Trinajstić information content (AvgIpc) is 3.05. The fourth-order valence-corrected chi connectivity index (χ4v) is 3.25. The molecule has 1 unspecified atom stereocenters. The normalized spacial score (nSPS) is 24.2. The third kappa shape index (κ3) is 2.40. The maximum absolute atomic E-state index is 11.6. The Morgan fingerprint density at radius 2 is 2.15 bits per heavy atom. The van der Waals surface area contributed by atoms with Crippen LogP contribution >= 0.6 is 0 Å². The number of nitrogens with two attached hydrogens (primary N) is 1. The first-order chi connectivity index (χ1) is 9.66. The van der Waals surface area contributed by atoms with Crippen molar-refractivity contribution in [3.05, 3.63) is 11.8 Å². The summed E-state index contributed by atoms with van der Waals surface area (Å²) in [6.07, 6.45) is 3.80. The summed E-state index contributed by atoms with van der Waals surface area (Å²) in [6, 6.07) is 2.24. The molecule has 0 radical (unpaired) electrons. The largest absolute Gasteiger partial charge is 0.381 e. The van der Waals surface area contributed by atoms with E-state index in [-0.39, 0.29) is 11.9 Å². The van der Waals surface area contributed by atoms with Crippen LogP contribution in [0.3, 0.4) is 0 Å². The number of carbonyl (C=O) groups is 1. The summed E-state index contributed by atoms with van der Waals surface area (Å²) in [6.45, 7) is 4.43. The number of amides is 1. The van der Waals surface area contributed by atoms with Crippen molar-refractivity contribution < 1.29 is 9.53 Å². The molecule has 0 saturated carbocycles. The van der Waals surface area contributed by atoms with Crippen LogP contribution in [0.2, 0.25) is 0 Å². The van der Waals surface area contributed by atoms with E-state index in [0.717, 1.165) is 57.0 Å². The van der Waals surface area contributed by atoms with E-state index in [1.807, 2.05) is 6.92 Å². The Morgan fingerprint density at radius 3 is 2.85 bits per heavy atom. The first-order valence-electron chi connectivity index (χ1n) is 7.36. The molecule has 1 aromatic heterocycles. The van der Waals surface area contributed by atoms with Crippen LogP contribution < -0.4 is 10.6 Å². The first-order valence-corrected chi connectivity index (χ1v) is 7.36. The molecule has 2 fully saturated rings. The van der Waals surface area contributed by atoms with Gasteiger partial charge in [-0.15, -0.1) is 0 Å². The molecule has 6 heteroatoms. The Hall–Kier alpha value is -1.56. The summed E-state index contributed by atoms with van der Waals surface area (Å²) in [5, 5.41) is 4.64. The van der Waals surface area contributed by atoms with Gasteiger partial charge in [-0.2, -0.15) is 5.10 Å². The molecule has 0 bridgehead atoms. The molecule has 1 aromatic rings. The van der Waals surface area contributed by atoms with E-state index >= 15 is 0 Å². The van der Waals surface area contributed by atoms with Crippen molar-refractivity contribution in [3.63, 3.8) is 0 Å². The maximum Gasteiger partial charge on any atom is 0.240 e. The van der Waals surface area contributed by atoms with Crippen LogP contribution in [0, 0.1) is 6.92 Å². The summed E-state index contributed by atoms with van der Waals surface area (Å²) in [7, 11) is 0. The molecule has 3 rings (SSSR count). The summed E-state index contributed by atoms with van der Waals surface area (Å²) in [5.74, 6) is 0.801. The molecule has 0 aliphatic carbocycles. The quantitative estimate of drug-likeness (QED) is 0.895. The molecule has 1 amide bonds. The molecule has 2 aliphatic heterocycles. The molecule has 1 atom stereocenters. The van der Waals surface area contributed by atoms with Crippen molar-refractivity contribution in [2.24, 2.45) is 5.73 Å². The van der Waals surface area contributed by atoms with Crippen LogP contribution in [0.1, 0.15) is 37.4 Å². The Bertz CT molecular complexity index is 493. The Balaban J connectivity index is 1.90. The monoisotopic (exact) mass is 278 g/mol. The van der Waals surface area contributed by atoms with Crippen molar-refractivity contribution in [1.29, 1.82) is 0 Å². The van der Waals surface area contributed by atoms with Gasteiger partial charge in [0, 0.05) is 25.8 Å². The number of ether oxygens (including phenoxy) is 1. The topological polar surface area (TPSA) is 73.4 Å². The number of anilines is 1. The molecular weight excluding hydrogens is 256 g/mol. The SMILES string of the molecule is Cc1cc(N2CCCC2C(N)=O)n(C2CCOCC2)n1. The predicted molar refractivity (Wildman–Crippen MR) is 75.6 cm³/mol. The highest BCUT2D eigenvalue weighted by Crippen LogP contribution is 2.31. The van der Waals surface area contributed by atoms with E-state index < -0.39 is 0 Å². The van der Waals surface area contributed by atoms with Crippen LogP contribution in [0.25, 0.3) is 0 Å². The minimum atomic E-state index is -0.236. The van der Waals surface area contributed by atoms with Crippen molar-refractivity contribution in [2.75, 3.05) is 24.7 Å². The molecule has 2 N–H and O–H groups in total. The van der Waals surface area contributed by atoms with Gasteiger partial charge in [0.1, 0.15) is 11.9 Å². The van der Waals surface area contributed by atoms with Gasteiger partial charge in [0.2, 0.25) is 5.91 Å². The summed E-state index contributed by atoms with van der Waals surface area (Å²) < 4.78 is 7.51. The van der Waals surface area contributed by atoms with Gasteiger partial charge in [-0.05, 0) is 32.6 Å². The minimum absolute atomic E-state index is 0.190. The zero-order valence-corrected chi connectivity index (χ0v) is 11.9. The van der Waals surface area contributed by atoms with Gasteiger partial charge in [-0.1, -0.05) is 0 Å². The zero-order valence-electron chi connectivity index (χ0n) is 11.9. The van der Waals surface area contributed by atoms with Crippen molar-refractivity contribution in [1.82, 2.24) is 9.78 Å². The number of carbonyl (C=O) groups excluding carboxylic acids is 1. The highest BCUT2D eigenvalue weighted by Gasteiger charge is 2.32. The number of primary amides is 1. The second-order valence-electron chi connectivity index (χ2n) is 5.69. The molecule has 2 saturated heterocycles. The standard InChI is InChI=1S/C14H22N4O2/c1-10-9-13(17-6-2-3-12(17)14(15)19)18(16-10)11-4-7-20-8-5-11/h9,11-12H,2-8H2,1H3,(H2,15,19). The van der Waals surface area contributed by atoms with Crippen LogP contribution in [-0.2, 0) is 9.53 Å². The van der Waals surface area contributed by atoms with Gasteiger partial charge in [-0.3, -0.25) is 4.79 Å². The average molecular weight is 278 g/mol. The Kier molecular flexibility index (Phi) is 3.65. The number of aryl methyl sites for hydroxylation is 1. The number of hydrogen-bond acceptors (Lipinski definition) is 4. The van der Waals surface area contributed by atoms with Gasteiger partial charge in [0.05, 0.1) is 11.7 Å².